The molecule has 39 heavy (non-hydrogen) atoms. The van der Waals surface area contributed by atoms with Crippen molar-refractivity contribution in [3.8, 4) is 11.5 Å². The summed E-state index contributed by atoms with van der Waals surface area (Å²) in [5.41, 5.74) is 3.04. The van der Waals surface area contributed by atoms with Gasteiger partial charge in [0.2, 0.25) is 0 Å². The summed E-state index contributed by atoms with van der Waals surface area (Å²) in [5.74, 6) is 2.17. The van der Waals surface area contributed by atoms with Crippen molar-refractivity contribution in [1.29, 1.82) is 0 Å². The molecule has 2 amide bonds. The zero-order valence-corrected chi connectivity index (χ0v) is 22.9. The van der Waals surface area contributed by atoms with Gasteiger partial charge in [0.15, 0.2) is 0 Å². The van der Waals surface area contributed by atoms with Crippen LogP contribution >= 0.6 is 0 Å². The second kappa shape index (κ2) is 11.4. The zero-order chi connectivity index (χ0) is 27.5. The van der Waals surface area contributed by atoms with E-state index in [4.69, 9.17) is 9.47 Å². The van der Waals surface area contributed by atoms with Crippen LogP contribution in [0, 0.1) is 6.92 Å². The Balaban J connectivity index is 1.20. The minimum atomic E-state index is -0.158. The molecule has 8 nitrogen and oxygen atoms in total. The molecule has 3 aromatic rings. The van der Waals surface area contributed by atoms with E-state index in [0.29, 0.717) is 23.2 Å². The Bertz CT molecular complexity index is 1310. The number of rotatable bonds is 8. The summed E-state index contributed by atoms with van der Waals surface area (Å²) in [7, 11) is 3.25. The van der Waals surface area contributed by atoms with Crippen molar-refractivity contribution >= 4 is 17.6 Å². The molecule has 5 rings (SSSR count). The van der Waals surface area contributed by atoms with Crippen LogP contribution in [0.15, 0.2) is 60.8 Å². The Morgan fingerprint density at radius 2 is 1.67 bits per heavy atom. The summed E-state index contributed by atoms with van der Waals surface area (Å²) in [5, 5.41) is 6.31. The molecule has 3 heterocycles. The highest BCUT2D eigenvalue weighted by Gasteiger charge is 2.42. The topological polar surface area (TPSA) is 92.8 Å². The molecule has 0 saturated carbocycles. The number of anilines is 1. The molecule has 0 radical (unpaired) electrons. The first-order chi connectivity index (χ1) is 18.9. The summed E-state index contributed by atoms with van der Waals surface area (Å²) < 4.78 is 10.6. The standard InChI is InChI=1S/C31H36N4O4/c1-19-27(6-5-7-28(19)39-4)31(37)34-23-16-24-11-12-25(17-23)35(24)29-15-10-22(18-32-29)30(36)33-20(2)21-8-13-26(38-3)14-9-21/h5-10,13-15,18,20,23-25H,11-12,16-17H2,1-4H3,(H,33,36)(H,34,37)/t20-,23?,24-,25+/m0/s1. The lowest BCUT2D eigenvalue weighted by Gasteiger charge is -2.40. The number of piperidine rings is 1. The molecule has 4 atom stereocenters. The van der Waals surface area contributed by atoms with Gasteiger partial charge in [-0.2, -0.15) is 0 Å². The number of nitrogens with one attached hydrogen (secondary N) is 2. The van der Waals surface area contributed by atoms with Gasteiger partial charge in [-0.1, -0.05) is 18.2 Å². The van der Waals surface area contributed by atoms with Crippen molar-refractivity contribution in [2.24, 2.45) is 0 Å². The maximum atomic E-state index is 13.0. The van der Waals surface area contributed by atoms with E-state index in [2.05, 4.69) is 20.5 Å². The highest BCUT2D eigenvalue weighted by Crippen LogP contribution is 2.38. The predicted octanol–water partition coefficient (Wildman–Crippen LogP) is 4.83. The normalized spacial score (nSPS) is 20.7. The second-order valence-corrected chi connectivity index (χ2v) is 10.4. The number of methoxy groups -OCH3 is 2. The molecule has 204 valence electrons. The molecule has 2 bridgehead atoms. The van der Waals surface area contributed by atoms with Gasteiger partial charge >= 0.3 is 0 Å². The van der Waals surface area contributed by atoms with Crippen molar-refractivity contribution in [3.05, 3.63) is 83.0 Å². The number of carbonyl (C=O) groups is 2. The fraction of sp³-hybridized carbons (Fsp3) is 0.387. The fourth-order valence-electron chi connectivity index (χ4n) is 5.94. The number of fused-ring (bicyclic) bond motifs is 2. The van der Waals surface area contributed by atoms with E-state index in [0.717, 1.165) is 54.1 Å². The molecule has 1 aromatic heterocycles. The molecule has 2 fully saturated rings. The summed E-state index contributed by atoms with van der Waals surface area (Å²) in [4.78, 5) is 33.0. The third kappa shape index (κ3) is 5.55. The van der Waals surface area contributed by atoms with Crippen molar-refractivity contribution in [1.82, 2.24) is 15.6 Å². The largest absolute Gasteiger partial charge is 0.497 e. The minimum Gasteiger partial charge on any atom is -0.497 e. The number of pyridine rings is 1. The predicted molar refractivity (Wildman–Crippen MR) is 151 cm³/mol. The zero-order valence-electron chi connectivity index (χ0n) is 22.9. The quantitative estimate of drug-likeness (QED) is 0.435. The lowest BCUT2D eigenvalue weighted by molar-refractivity contribution is 0.0922. The molecule has 2 saturated heterocycles. The number of carbonyl (C=O) groups excluding carboxylic acids is 2. The summed E-state index contributed by atoms with van der Waals surface area (Å²) in [6, 6.07) is 17.6. The molecule has 2 N–H and O–H groups in total. The maximum absolute atomic E-state index is 13.0. The van der Waals surface area contributed by atoms with Crippen LogP contribution in [0.25, 0.3) is 0 Å². The first-order valence-corrected chi connectivity index (χ1v) is 13.5. The van der Waals surface area contributed by atoms with Crippen LogP contribution in [0.3, 0.4) is 0 Å². The third-order valence-corrected chi connectivity index (χ3v) is 8.05. The van der Waals surface area contributed by atoms with Gasteiger partial charge in [0.25, 0.3) is 11.8 Å². The number of hydrogen-bond acceptors (Lipinski definition) is 6. The van der Waals surface area contributed by atoms with E-state index in [1.54, 1.807) is 20.4 Å². The molecule has 2 aliphatic heterocycles. The fourth-order valence-corrected chi connectivity index (χ4v) is 5.94. The summed E-state index contributed by atoms with van der Waals surface area (Å²) in [6.07, 6.45) is 5.53. The van der Waals surface area contributed by atoms with Gasteiger partial charge in [-0.15, -0.1) is 0 Å². The molecule has 2 aliphatic rings. The monoisotopic (exact) mass is 528 g/mol. The van der Waals surface area contributed by atoms with Crippen molar-refractivity contribution < 1.29 is 19.1 Å². The SMILES string of the molecule is COc1ccc([C@H](C)NC(=O)c2ccc(N3[C@@H]4CC[C@H]3CC(NC(=O)c3cccc(OC)c3C)C4)nc2)cc1. The lowest BCUT2D eigenvalue weighted by Crippen LogP contribution is -2.50. The van der Waals surface area contributed by atoms with E-state index >= 15 is 0 Å². The number of aromatic nitrogens is 1. The van der Waals surface area contributed by atoms with Crippen LogP contribution in [0.5, 0.6) is 11.5 Å². The summed E-state index contributed by atoms with van der Waals surface area (Å²) in [6.45, 7) is 3.87. The number of benzene rings is 2. The first-order valence-electron chi connectivity index (χ1n) is 13.5. The van der Waals surface area contributed by atoms with Gasteiger partial charge in [0, 0.05) is 35.4 Å². The number of ether oxygens (including phenoxy) is 2. The molecular formula is C31H36N4O4. The highest BCUT2D eigenvalue weighted by molar-refractivity contribution is 5.96. The Morgan fingerprint density at radius 1 is 0.949 bits per heavy atom. The highest BCUT2D eigenvalue weighted by atomic mass is 16.5. The molecule has 0 aliphatic carbocycles. The van der Waals surface area contributed by atoms with Crippen LogP contribution in [0.2, 0.25) is 0 Å². The Morgan fingerprint density at radius 3 is 2.28 bits per heavy atom. The summed E-state index contributed by atoms with van der Waals surface area (Å²) >= 11 is 0. The molecule has 1 unspecified atom stereocenters. The van der Waals surface area contributed by atoms with E-state index in [9.17, 15) is 9.59 Å². The lowest BCUT2D eigenvalue weighted by atomic mass is 9.96. The van der Waals surface area contributed by atoms with Crippen molar-refractivity contribution in [2.75, 3.05) is 19.1 Å². The van der Waals surface area contributed by atoms with Gasteiger partial charge in [0.05, 0.1) is 25.8 Å². The third-order valence-electron chi connectivity index (χ3n) is 8.05. The Hall–Kier alpha value is -4.07. The van der Waals surface area contributed by atoms with Gasteiger partial charge in [-0.25, -0.2) is 4.98 Å². The number of nitrogens with zero attached hydrogens (tertiary/aromatic N) is 2. The van der Waals surface area contributed by atoms with Crippen LogP contribution in [-0.2, 0) is 0 Å². The molecule has 0 spiro atoms. The van der Waals surface area contributed by atoms with E-state index in [1.807, 2.05) is 68.4 Å². The van der Waals surface area contributed by atoms with E-state index < -0.39 is 0 Å². The van der Waals surface area contributed by atoms with Gasteiger partial charge in [-0.05, 0) is 81.5 Å². The number of amides is 2. The van der Waals surface area contributed by atoms with Gasteiger partial charge in [0.1, 0.15) is 17.3 Å². The van der Waals surface area contributed by atoms with Crippen molar-refractivity contribution in [2.45, 2.75) is 63.7 Å². The Labute approximate surface area is 229 Å². The van der Waals surface area contributed by atoms with Crippen LogP contribution in [0.4, 0.5) is 5.82 Å². The molecule has 8 heteroatoms. The van der Waals surface area contributed by atoms with E-state index in [1.165, 1.54) is 0 Å². The van der Waals surface area contributed by atoms with Crippen LogP contribution in [0.1, 0.15) is 70.5 Å². The first kappa shape index (κ1) is 26.5. The van der Waals surface area contributed by atoms with Crippen LogP contribution in [-0.4, -0.2) is 49.1 Å². The van der Waals surface area contributed by atoms with Crippen molar-refractivity contribution in [3.63, 3.8) is 0 Å². The molecular weight excluding hydrogens is 492 g/mol. The Kier molecular flexibility index (Phi) is 7.72. The average molecular weight is 529 g/mol. The maximum Gasteiger partial charge on any atom is 0.253 e. The van der Waals surface area contributed by atoms with Crippen LogP contribution < -0.4 is 25.0 Å². The molecule has 2 aromatic carbocycles. The van der Waals surface area contributed by atoms with E-state index in [-0.39, 0.29) is 23.9 Å². The smallest absolute Gasteiger partial charge is 0.253 e. The van der Waals surface area contributed by atoms with Gasteiger partial charge in [-0.3, -0.25) is 9.59 Å². The number of hydrogen-bond donors (Lipinski definition) is 2. The van der Waals surface area contributed by atoms with Gasteiger partial charge < -0.3 is 25.0 Å². The minimum absolute atomic E-state index is 0.0541. The second-order valence-electron chi connectivity index (χ2n) is 10.4. The average Bonchev–Trinajstić information content (AvgIpc) is 3.22.